The molecule has 1 aliphatic heterocycles. The van der Waals surface area contributed by atoms with Crippen LogP contribution in [0.2, 0.25) is 0 Å². The number of amides is 1. The summed E-state index contributed by atoms with van der Waals surface area (Å²) in [7, 11) is 1.57. The molecule has 0 bridgehead atoms. The minimum absolute atomic E-state index is 0.145. The van der Waals surface area contributed by atoms with Crippen molar-refractivity contribution in [1.29, 1.82) is 0 Å². The average Bonchev–Trinajstić information content (AvgIpc) is 2.80. The number of anilines is 1. The molecule has 3 heterocycles. The van der Waals surface area contributed by atoms with Gasteiger partial charge in [-0.3, -0.25) is 14.2 Å². The Morgan fingerprint density at radius 2 is 1.68 bits per heavy atom. The summed E-state index contributed by atoms with van der Waals surface area (Å²) in [6.45, 7) is 4.02. The fraction of sp³-hybridized carbons (Fsp3) is 0.261. The van der Waals surface area contributed by atoms with Crippen LogP contribution >= 0.6 is 0 Å². The number of methoxy groups -OCH3 is 1. The Morgan fingerprint density at radius 3 is 2.29 bits per heavy atom. The molecule has 0 spiro atoms. The second kappa shape index (κ2) is 8.59. The maximum Gasteiger partial charge on any atom is 0.268 e. The third kappa shape index (κ3) is 4.14. The number of pyridine rings is 2. The quantitative estimate of drug-likeness (QED) is 0.647. The molecule has 0 atom stereocenters. The maximum absolute atomic E-state index is 13.2. The van der Waals surface area contributed by atoms with Crippen LogP contribution in [-0.4, -0.2) is 53.6 Å². The molecule has 0 saturated carbocycles. The van der Waals surface area contributed by atoms with Crippen molar-refractivity contribution in [2.45, 2.75) is 6.92 Å². The molecule has 2 aromatic heterocycles. The van der Waals surface area contributed by atoms with Crippen LogP contribution in [-0.2, 0) is 0 Å². The number of halogens is 1. The standard InChI is InChI=1S/C23H23FN4O3/c1-16-9-10-28(18-5-3-17(24)4-6-18)23(30)21(16)22(29)27-13-11-26(12-14-27)19-7-8-20(31-2)25-15-19/h3-10,15H,11-14H2,1-2H3. The Kier molecular flexibility index (Phi) is 5.70. The van der Waals surface area contributed by atoms with Gasteiger partial charge < -0.3 is 14.5 Å². The molecule has 1 amide bonds. The molecule has 0 N–H and O–H groups in total. The van der Waals surface area contributed by atoms with Gasteiger partial charge in [0, 0.05) is 44.1 Å². The molecule has 8 heteroatoms. The SMILES string of the molecule is COc1ccc(N2CCN(C(=O)c3c(C)ccn(-c4ccc(F)cc4)c3=O)CC2)cn1. The zero-order chi connectivity index (χ0) is 22.0. The van der Waals surface area contributed by atoms with E-state index < -0.39 is 5.56 Å². The number of ether oxygens (including phenoxy) is 1. The van der Waals surface area contributed by atoms with Gasteiger partial charge in [0.15, 0.2) is 0 Å². The maximum atomic E-state index is 13.2. The Hall–Kier alpha value is -3.68. The van der Waals surface area contributed by atoms with Crippen molar-refractivity contribution in [3.05, 3.63) is 82.2 Å². The number of carbonyl (C=O) groups is 1. The monoisotopic (exact) mass is 422 g/mol. The summed E-state index contributed by atoms with van der Waals surface area (Å²) < 4.78 is 19.7. The predicted octanol–water partition coefficient (Wildman–Crippen LogP) is 2.65. The third-order valence-corrected chi connectivity index (χ3v) is 5.48. The minimum Gasteiger partial charge on any atom is -0.481 e. The van der Waals surface area contributed by atoms with Crippen LogP contribution in [0, 0.1) is 12.7 Å². The van der Waals surface area contributed by atoms with Crippen molar-refractivity contribution in [2.75, 3.05) is 38.2 Å². The first-order chi connectivity index (χ1) is 15.0. The molecule has 1 aliphatic rings. The lowest BCUT2D eigenvalue weighted by molar-refractivity contribution is 0.0744. The van der Waals surface area contributed by atoms with Crippen LogP contribution in [0.25, 0.3) is 5.69 Å². The molecule has 160 valence electrons. The van der Waals surface area contributed by atoms with Crippen molar-refractivity contribution < 1.29 is 13.9 Å². The van der Waals surface area contributed by atoms with Gasteiger partial charge in [-0.2, -0.15) is 0 Å². The predicted molar refractivity (Wildman–Crippen MR) is 116 cm³/mol. The number of benzene rings is 1. The number of hydrogen-bond donors (Lipinski definition) is 0. The summed E-state index contributed by atoms with van der Waals surface area (Å²) in [6, 6.07) is 11.1. The molecule has 0 unspecified atom stereocenters. The van der Waals surface area contributed by atoms with E-state index in [0.29, 0.717) is 43.3 Å². The molecule has 1 fully saturated rings. The Labute approximate surface area is 179 Å². The van der Waals surface area contributed by atoms with Crippen molar-refractivity contribution in [3.8, 4) is 11.6 Å². The molecule has 7 nitrogen and oxygen atoms in total. The van der Waals surface area contributed by atoms with Gasteiger partial charge in [-0.25, -0.2) is 9.37 Å². The number of aromatic nitrogens is 2. The van der Waals surface area contributed by atoms with Crippen molar-refractivity contribution in [2.24, 2.45) is 0 Å². The van der Waals surface area contributed by atoms with Crippen LogP contribution in [0.4, 0.5) is 10.1 Å². The summed E-state index contributed by atoms with van der Waals surface area (Å²) in [5.41, 5.74) is 1.83. The van der Waals surface area contributed by atoms with E-state index in [1.165, 1.54) is 28.8 Å². The van der Waals surface area contributed by atoms with Gasteiger partial charge in [-0.15, -0.1) is 0 Å². The summed E-state index contributed by atoms with van der Waals surface area (Å²) >= 11 is 0. The highest BCUT2D eigenvalue weighted by atomic mass is 19.1. The molecule has 4 rings (SSSR count). The number of aryl methyl sites for hydroxylation is 1. The zero-order valence-corrected chi connectivity index (χ0v) is 17.4. The molecule has 1 saturated heterocycles. The van der Waals surface area contributed by atoms with E-state index in [-0.39, 0.29) is 17.3 Å². The van der Waals surface area contributed by atoms with Crippen LogP contribution < -0.4 is 15.2 Å². The number of carbonyl (C=O) groups excluding carboxylic acids is 1. The van der Waals surface area contributed by atoms with E-state index >= 15 is 0 Å². The largest absolute Gasteiger partial charge is 0.481 e. The Bertz CT molecular complexity index is 1130. The number of piperazine rings is 1. The van der Waals surface area contributed by atoms with E-state index in [0.717, 1.165) is 5.69 Å². The lowest BCUT2D eigenvalue weighted by Crippen LogP contribution is -2.50. The lowest BCUT2D eigenvalue weighted by Gasteiger charge is -2.36. The molecule has 31 heavy (non-hydrogen) atoms. The highest BCUT2D eigenvalue weighted by Gasteiger charge is 2.26. The molecule has 0 aliphatic carbocycles. The Balaban J connectivity index is 1.53. The van der Waals surface area contributed by atoms with Gasteiger partial charge in [0.2, 0.25) is 5.88 Å². The van der Waals surface area contributed by atoms with Crippen LogP contribution in [0.3, 0.4) is 0 Å². The second-order valence-electron chi connectivity index (χ2n) is 7.36. The molecule has 1 aromatic carbocycles. The smallest absolute Gasteiger partial charge is 0.268 e. The van der Waals surface area contributed by atoms with Crippen molar-refractivity contribution in [1.82, 2.24) is 14.5 Å². The summed E-state index contributed by atoms with van der Waals surface area (Å²) in [6.07, 6.45) is 3.36. The zero-order valence-electron chi connectivity index (χ0n) is 17.4. The van der Waals surface area contributed by atoms with Gasteiger partial charge in [-0.1, -0.05) is 0 Å². The topological polar surface area (TPSA) is 67.7 Å². The number of rotatable bonds is 4. The van der Waals surface area contributed by atoms with E-state index in [1.54, 1.807) is 43.5 Å². The second-order valence-corrected chi connectivity index (χ2v) is 7.36. The average molecular weight is 422 g/mol. The molecule has 0 radical (unpaired) electrons. The van der Waals surface area contributed by atoms with Crippen LogP contribution in [0.15, 0.2) is 59.7 Å². The highest BCUT2D eigenvalue weighted by Crippen LogP contribution is 2.19. The first-order valence-corrected chi connectivity index (χ1v) is 10.0. The normalized spacial score (nSPS) is 13.9. The summed E-state index contributed by atoms with van der Waals surface area (Å²) in [5.74, 6) is -0.119. The van der Waals surface area contributed by atoms with Crippen molar-refractivity contribution in [3.63, 3.8) is 0 Å². The van der Waals surface area contributed by atoms with Crippen LogP contribution in [0.5, 0.6) is 5.88 Å². The fourth-order valence-electron chi connectivity index (χ4n) is 3.70. The van der Waals surface area contributed by atoms with Gasteiger partial charge in [0.1, 0.15) is 11.4 Å². The molecular weight excluding hydrogens is 399 g/mol. The van der Waals surface area contributed by atoms with E-state index in [2.05, 4.69) is 9.88 Å². The first kappa shape index (κ1) is 20.6. The first-order valence-electron chi connectivity index (χ1n) is 10.0. The lowest BCUT2D eigenvalue weighted by atomic mass is 10.1. The van der Waals surface area contributed by atoms with Gasteiger partial charge >= 0.3 is 0 Å². The van der Waals surface area contributed by atoms with Crippen molar-refractivity contribution >= 4 is 11.6 Å². The van der Waals surface area contributed by atoms with E-state index in [4.69, 9.17) is 4.74 Å². The fourth-order valence-corrected chi connectivity index (χ4v) is 3.70. The summed E-state index contributed by atoms with van der Waals surface area (Å²) in [4.78, 5) is 34.4. The van der Waals surface area contributed by atoms with Gasteiger partial charge in [0.25, 0.3) is 11.5 Å². The van der Waals surface area contributed by atoms with Gasteiger partial charge in [-0.05, 0) is 48.9 Å². The van der Waals surface area contributed by atoms with Crippen LogP contribution in [0.1, 0.15) is 15.9 Å². The molecule has 3 aromatic rings. The third-order valence-electron chi connectivity index (χ3n) is 5.48. The molecular formula is C23H23FN4O3. The highest BCUT2D eigenvalue weighted by molar-refractivity contribution is 5.95. The van der Waals surface area contributed by atoms with E-state index in [1.807, 2.05) is 6.07 Å². The number of nitrogens with zero attached hydrogens (tertiary/aromatic N) is 4. The minimum atomic E-state index is -0.404. The summed E-state index contributed by atoms with van der Waals surface area (Å²) in [5, 5.41) is 0. The number of hydrogen-bond acceptors (Lipinski definition) is 5. The Morgan fingerprint density at radius 1 is 1.00 bits per heavy atom. The van der Waals surface area contributed by atoms with Gasteiger partial charge in [0.05, 0.1) is 19.0 Å². The van der Waals surface area contributed by atoms with E-state index in [9.17, 15) is 14.0 Å².